The van der Waals surface area contributed by atoms with Gasteiger partial charge >= 0.3 is 0 Å². The van der Waals surface area contributed by atoms with Crippen molar-refractivity contribution in [2.24, 2.45) is 0 Å². The van der Waals surface area contributed by atoms with E-state index in [-0.39, 0.29) is 17.9 Å². The van der Waals surface area contributed by atoms with Crippen molar-refractivity contribution in [1.29, 1.82) is 0 Å². The maximum Gasteiger partial charge on any atom is 0.247 e. The van der Waals surface area contributed by atoms with Gasteiger partial charge < -0.3 is 10.2 Å². The number of hydrogen-bond donors (Lipinski definition) is 1. The van der Waals surface area contributed by atoms with Gasteiger partial charge in [0, 0.05) is 19.2 Å². The summed E-state index contributed by atoms with van der Waals surface area (Å²) in [7, 11) is 0. The zero-order valence-corrected chi connectivity index (χ0v) is 12.3. The number of carbonyl (C=O) groups excluding carboxylic acids is 2. The average molecular weight is 274 g/mol. The lowest BCUT2D eigenvalue weighted by Gasteiger charge is -2.23. The molecule has 1 N–H and O–H groups in total. The summed E-state index contributed by atoms with van der Waals surface area (Å²) in [6, 6.07) is 7.51. The number of likely N-dealkylation sites (tertiary alicyclic amines) is 1. The topological polar surface area (TPSA) is 49.4 Å². The van der Waals surface area contributed by atoms with Crippen LogP contribution in [0.3, 0.4) is 0 Å². The summed E-state index contributed by atoms with van der Waals surface area (Å²) in [5, 5.41) is 2.99. The summed E-state index contributed by atoms with van der Waals surface area (Å²) < 4.78 is 0. The fraction of sp³-hybridized carbons (Fsp3) is 0.500. The normalized spacial score (nSPS) is 18.4. The Kier molecular flexibility index (Phi) is 4.42. The first-order valence-electron chi connectivity index (χ1n) is 7.17. The van der Waals surface area contributed by atoms with Crippen LogP contribution in [0.2, 0.25) is 0 Å². The van der Waals surface area contributed by atoms with E-state index < -0.39 is 0 Å². The van der Waals surface area contributed by atoms with Crippen LogP contribution in [0.4, 0.5) is 5.69 Å². The molecule has 1 heterocycles. The van der Waals surface area contributed by atoms with Gasteiger partial charge in [0.1, 0.15) is 6.04 Å². The molecule has 0 saturated carbocycles. The van der Waals surface area contributed by atoms with Gasteiger partial charge in [0.25, 0.3) is 0 Å². The van der Waals surface area contributed by atoms with Crippen LogP contribution in [0.5, 0.6) is 0 Å². The zero-order valence-electron chi connectivity index (χ0n) is 12.3. The summed E-state index contributed by atoms with van der Waals surface area (Å²) in [6.45, 7) is 6.40. The summed E-state index contributed by atoms with van der Waals surface area (Å²) >= 11 is 0. The molecule has 4 nitrogen and oxygen atoms in total. The van der Waals surface area contributed by atoms with Gasteiger partial charge in [0.05, 0.1) is 0 Å². The molecule has 0 radical (unpaired) electrons. The van der Waals surface area contributed by atoms with Crippen molar-refractivity contribution in [3.63, 3.8) is 0 Å². The first-order chi connectivity index (χ1) is 9.50. The highest BCUT2D eigenvalue weighted by molar-refractivity contribution is 5.97. The number of anilines is 1. The fourth-order valence-corrected chi connectivity index (χ4v) is 2.75. The maximum atomic E-state index is 12.4. The number of benzene rings is 1. The van der Waals surface area contributed by atoms with Crippen LogP contribution in [0.25, 0.3) is 0 Å². The summed E-state index contributed by atoms with van der Waals surface area (Å²) in [6.07, 6.45) is 1.64. The Hall–Kier alpha value is -1.84. The Morgan fingerprint density at radius 3 is 2.65 bits per heavy atom. The van der Waals surface area contributed by atoms with E-state index in [4.69, 9.17) is 0 Å². The van der Waals surface area contributed by atoms with Crippen LogP contribution < -0.4 is 5.32 Å². The molecule has 0 aromatic heterocycles. The number of nitrogens with zero attached hydrogens (tertiary/aromatic N) is 1. The lowest BCUT2D eigenvalue weighted by Crippen LogP contribution is -2.42. The van der Waals surface area contributed by atoms with Crippen molar-refractivity contribution in [2.45, 2.75) is 45.6 Å². The van der Waals surface area contributed by atoms with Gasteiger partial charge in [-0.05, 0) is 30.4 Å². The van der Waals surface area contributed by atoms with E-state index >= 15 is 0 Å². The third kappa shape index (κ3) is 3.00. The van der Waals surface area contributed by atoms with E-state index in [1.165, 1.54) is 6.92 Å². The molecule has 1 atom stereocenters. The lowest BCUT2D eigenvalue weighted by molar-refractivity contribution is -0.134. The van der Waals surface area contributed by atoms with Crippen molar-refractivity contribution in [2.75, 3.05) is 11.9 Å². The Labute approximate surface area is 120 Å². The number of para-hydroxylation sites is 1. The third-order valence-corrected chi connectivity index (χ3v) is 3.80. The molecule has 1 saturated heterocycles. The molecule has 0 aliphatic carbocycles. The van der Waals surface area contributed by atoms with Crippen molar-refractivity contribution in [3.05, 3.63) is 29.8 Å². The highest BCUT2D eigenvalue weighted by Crippen LogP contribution is 2.25. The third-order valence-electron chi connectivity index (χ3n) is 3.80. The lowest BCUT2D eigenvalue weighted by atomic mass is 10.0. The average Bonchev–Trinajstić information content (AvgIpc) is 2.88. The molecule has 1 aromatic carbocycles. The van der Waals surface area contributed by atoms with E-state index in [0.717, 1.165) is 24.1 Å². The van der Waals surface area contributed by atoms with Gasteiger partial charge in [-0.2, -0.15) is 0 Å². The molecule has 1 aliphatic rings. The maximum absolute atomic E-state index is 12.4. The Morgan fingerprint density at radius 1 is 1.30 bits per heavy atom. The molecular formula is C16H22N2O2. The monoisotopic (exact) mass is 274 g/mol. The zero-order chi connectivity index (χ0) is 14.7. The van der Waals surface area contributed by atoms with Crippen LogP contribution in [0, 0.1) is 0 Å². The molecule has 2 rings (SSSR count). The van der Waals surface area contributed by atoms with Gasteiger partial charge in [0.2, 0.25) is 11.8 Å². The van der Waals surface area contributed by atoms with Crippen molar-refractivity contribution in [3.8, 4) is 0 Å². The molecule has 108 valence electrons. The number of carbonyl (C=O) groups is 2. The van der Waals surface area contributed by atoms with Gasteiger partial charge in [0.15, 0.2) is 0 Å². The van der Waals surface area contributed by atoms with Crippen LogP contribution >= 0.6 is 0 Å². The molecule has 1 unspecified atom stereocenters. The summed E-state index contributed by atoms with van der Waals surface area (Å²) in [5.41, 5.74) is 1.97. The molecule has 20 heavy (non-hydrogen) atoms. The van der Waals surface area contributed by atoms with Gasteiger partial charge in [-0.3, -0.25) is 9.59 Å². The highest BCUT2D eigenvalue weighted by atomic mass is 16.2. The van der Waals surface area contributed by atoms with Crippen LogP contribution in [0.1, 0.15) is 45.1 Å². The first kappa shape index (κ1) is 14.6. The molecule has 1 aromatic rings. The van der Waals surface area contributed by atoms with E-state index in [1.54, 1.807) is 4.90 Å². The summed E-state index contributed by atoms with van der Waals surface area (Å²) in [5.74, 6) is 0.240. The molecule has 1 aliphatic heterocycles. The molecule has 1 fully saturated rings. The van der Waals surface area contributed by atoms with Crippen LogP contribution in [-0.2, 0) is 9.59 Å². The van der Waals surface area contributed by atoms with Crippen LogP contribution in [-0.4, -0.2) is 29.3 Å². The van der Waals surface area contributed by atoms with E-state index in [2.05, 4.69) is 19.2 Å². The molecular weight excluding hydrogens is 252 g/mol. The number of hydrogen-bond acceptors (Lipinski definition) is 2. The highest BCUT2D eigenvalue weighted by Gasteiger charge is 2.32. The predicted octanol–water partition coefficient (Wildman–Crippen LogP) is 2.76. The van der Waals surface area contributed by atoms with E-state index in [9.17, 15) is 9.59 Å². The number of rotatable bonds is 3. The van der Waals surface area contributed by atoms with E-state index in [0.29, 0.717) is 12.5 Å². The molecule has 4 heteroatoms. The minimum Gasteiger partial charge on any atom is -0.331 e. The fourth-order valence-electron chi connectivity index (χ4n) is 2.75. The number of nitrogens with one attached hydrogen (secondary N) is 1. The van der Waals surface area contributed by atoms with Crippen molar-refractivity contribution >= 4 is 17.5 Å². The minimum absolute atomic E-state index is 0.0280. The summed E-state index contributed by atoms with van der Waals surface area (Å²) in [4.78, 5) is 25.6. The second kappa shape index (κ2) is 6.07. The van der Waals surface area contributed by atoms with Gasteiger partial charge in [-0.15, -0.1) is 0 Å². The second-order valence-corrected chi connectivity index (χ2v) is 5.60. The Morgan fingerprint density at radius 2 is 2.00 bits per heavy atom. The molecule has 0 bridgehead atoms. The van der Waals surface area contributed by atoms with Gasteiger partial charge in [-0.1, -0.05) is 32.0 Å². The van der Waals surface area contributed by atoms with Gasteiger partial charge in [-0.25, -0.2) is 0 Å². The van der Waals surface area contributed by atoms with E-state index in [1.807, 2.05) is 24.3 Å². The molecule has 2 amide bonds. The van der Waals surface area contributed by atoms with Crippen molar-refractivity contribution in [1.82, 2.24) is 4.90 Å². The Bertz CT molecular complexity index is 511. The predicted molar refractivity (Wildman–Crippen MR) is 79.6 cm³/mol. The second-order valence-electron chi connectivity index (χ2n) is 5.60. The SMILES string of the molecule is CC(=O)N1CCCC1C(=O)Nc1ccccc1C(C)C. The number of amides is 2. The standard InChI is InChI=1S/C16H22N2O2/c1-11(2)13-7-4-5-8-14(13)17-16(20)15-9-6-10-18(15)12(3)19/h4-5,7-8,11,15H,6,9-10H2,1-3H3,(H,17,20). The smallest absolute Gasteiger partial charge is 0.247 e. The largest absolute Gasteiger partial charge is 0.331 e. The Balaban J connectivity index is 2.14. The van der Waals surface area contributed by atoms with Crippen LogP contribution in [0.15, 0.2) is 24.3 Å². The first-order valence-corrected chi connectivity index (χ1v) is 7.17. The quantitative estimate of drug-likeness (QED) is 0.921. The minimum atomic E-state index is -0.326. The molecule has 0 spiro atoms. The van der Waals surface area contributed by atoms with Crippen molar-refractivity contribution < 1.29 is 9.59 Å².